The number of hydrogen-bond acceptors (Lipinski definition) is 4. The molecule has 0 aliphatic heterocycles. The molecule has 31 heavy (non-hydrogen) atoms. The number of hydrogen-bond donors (Lipinski definition) is 1. The first-order chi connectivity index (χ1) is 14.7. The highest BCUT2D eigenvalue weighted by atomic mass is 35.5. The minimum atomic E-state index is -0.916. The predicted molar refractivity (Wildman–Crippen MR) is 120 cm³/mol. The molecule has 1 atom stereocenters. The first-order valence-electron chi connectivity index (χ1n) is 9.79. The van der Waals surface area contributed by atoms with Crippen molar-refractivity contribution in [2.45, 2.75) is 37.6 Å². The smallest absolute Gasteiger partial charge is 0.266 e. The van der Waals surface area contributed by atoms with Crippen molar-refractivity contribution in [2.24, 2.45) is 5.92 Å². The number of aromatic nitrogens is 2. The Hall–Kier alpha value is -2.45. The van der Waals surface area contributed by atoms with Crippen LogP contribution in [0.2, 0.25) is 5.02 Å². The average molecular weight is 466 g/mol. The highest BCUT2D eigenvalue weighted by Crippen LogP contribution is 2.27. The van der Waals surface area contributed by atoms with Gasteiger partial charge in [0, 0.05) is 17.6 Å². The molecule has 1 N–H and O–H groups in total. The molecule has 5 nitrogen and oxygen atoms in total. The molecular formula is C22H22ClF2N3O2S. The van der Waals surface area contributed by atoms with E-state index in [-0.39, 0.29) is 22.1 Å². The summed E-state index contributed by atoms with van der Waals surface area (Å²) < 4.78 is 29.1. The zero-order valence-corrected chi connectivity index (χ0v) is 18.9. The molecule has 0 saturated heterocycles. The van der Waals surface area contributed by atoms with Crippen LogP contribution in [0.4, 0.5) is 8.78 Å². The molecule has 0 spiro atoms. The Morgan fingerprint density at radius 1 is 1.19 bits per heavy atom. The molecule has 2 aromatic carbocycles. The molecule has 0 aliphatic carbocycles. The third kappa shape index (κ3) is 5.43. The van der Waals surface area contributed by atoms with Gasteiger partial charge in [0.15, 0.2) is 5.16 Å². The van der Waals surface area contributed by atoms with Crippen LogP contribution in [0.25, 0.3) is 16.6 Å². The van der Waals surface area contributed by atoms with Crippen molar-refractivity contribution in [2.75, 3.05) is 6.54 Å². The molecule has 1 aromatic heterocycles. The van der Waals surface area contributed by atoms with Gasteiger partial charge >= 0.3 is 0 Å². The lowest BCUT2D eigenvalue weighted by Crippen LogP contribution is -2.33. The topological polar surface area (TPSA) is 64.0 Å². The quantitative estimate of drug-likeness (QED) is 0.395. The van der Waals surface area contributed by atoms with Gasteiger partial charge < -0.3 is 5.32 Å². The monoisotopic (exact) mass is 465 g/mol. The lowest BCUT2D eigenvalue weighted by molar-refractivity contribution is -0.120. The minimum Gasteiger partial charge on any atom is -0.355 e. The van der Waals surface area contributed by atoms with Crippen molar-refractivity contribution < 1.29 is 13.6 Å². The molecule has 3 aromatic rings. The fourth-order valence-electron chi connectivity index (χ4n) is 2.93. The van der Waals surface area contributed by atoms with Crippen molar-refractivity contribution in [3.05, 3.63) is 63.4 Å². The molecule has 0 aliphatic rings. The second-order valence-corrected chi connectivity index (χ2v) is 9.27. The molecule has 1 heterocycles. The Bertz CT molecular complexity index is 1180. The summed E-state index contributed by atoms with van der Waals surface area (Å²) in [7, 11) is 0. The van der Waals surface area contributed by atoms with E-state index in [2.05, 4.69) is 24.1 Å². The van der Waals surface area contributed by atoms with E-state index in [0.29, 0.717) is 29.1 Å². The maximum absolute atomic E-state index is 14.6. The maximum atomic E-state index is 14.6. The number of benzene rings is 2. The van der Waals surface area contributed by atoms with Crippen molar-refractivity contribution >= 4 is 40.2 Å². The third-order valence-electron chi connectivity index (χ3n) is 4.62. The zero-order valence-electron chi connectivity index (χ0n) is 17.3. The molecule has 1 amide bonds. The summed E-state index contributed by atoms with van der Waals surface area (Å²) in [5, 5.41) is 2.90. The van der Waals surface area contributed by atoms with Crippen LogP contribution < -0.4 is 10.9 Å². The third-order valence-corrected chi connectivity index (χ3v) is 5.91. The first kappa shape index (κ1) is 23.2. The van der Waals surface area contributed by atoms with Gasteiger partial charge in [0.05, 0.1) is 21.8 Å². The van der Waals surface area contributed by atoms with E-state index in [9.17, 15) is 18.4 Å². The van der Waals surface area contributed by atoms with E-state index in [4.69, 9.17) is 11.6 Å². The van der Waals surface area contributed by atoms with Gasteiger partial charge in [-0.05, 0) is 49.6 Å². The second-order valence-electron chi connectivity index (χ2n) is 7.53. The highest BCUT2D eigenvalue weighted by molar-refractivity contribution is 8.00. The Labute approximate surface area is 187 Å². The van der Waals surface area contributed by atoms with Crippen LogP contribution in [-0.2, 0) is 4.79 Å². The van der Waals surface area contributed by atoms with E-state index >= 15 is 0 Å². The van der Waals surface area contributed by atoms with Crippen LogP contribution in [0.1, 0.15) is 27.2 Å². The lowest BCUT2D eigenvalue weighted by atomic mass is 10.1. The summed E-state index contributed by atoms with van der Waals surface area (Å²) in [5.74, 6) is -1.45. The molecule has 3 rings (SSSR count). The molecular weight excluding hydrogens is 444 g/mol. The first-order valence-corrected chi connectivity index (χ1v) is 11.0. The second kappa shape index (κ2) is 9.78. The van der Waals surface area contributed by atoms with Crippen LogP contribution in [0, 0.1) is 17.6 Å². The summed E-state index contributed by atoms with van der Waals surface area (Å²) in [6, 6.07) is 7.55. The number of fused-ring (bicyclic) bond motifs is 1. The van der Waals surface area contributed by atoms with Crippen LogP contribution >= 0.6 is 23.4 Å². The van der Waals surface area contributed by atoms with E-state index in [1.807, 2.05) is 0 Å². The predicted octanol–water partition coefficient (Wildman–Crippen LogP) is 4.96. The number of carbonyl (C=O) groups is 1. The Morgan fingerprint density at radius 2 is 1.94 bits per heavy atom. The number of nitrogens with one attached hydrogen (secondary N) is 1. The summed E-state index contributed by atoms with van der Waals surface area (Å²) in [5.41, 5.74) is -0.355. The fraction of sp³-hybridized carbons (Fsp3) is 0.318. The maximum Gasteiger partial charge on any atom is 0.266 e. The summed E-state index contributed by atoms with van der Waals surface area (Å²) >= 11 is 7.04. The van der Waals surface area contributed by atoms with Gasteiger partial charge in [-0.2, -0.15) is 0 Å². The largest absolute Gasteiger partial charge is 0.355 e. The van der Waals surface area contributed by atoms with Crippen LogP contribution in [0.3, 0.4) is 0 Å². The normalized spacial score (nSPS) is 12.4. The Morgan fingerprint density at radius 3 is 2.61 bits per heavy atom. The molecule has 1 unspecified atom stereocenters. The molecule has 164 valence electrons. The molecule has 0 radical (unpaired) electrons. The Balaban J connectivity index is 2.06. The van der Waals surface area contributed by atoms with Crippen LogP contribution in [0.5, 0.6) is 0 Å². The van der Waals surface area contributed by atoms with Crippen molar-refractivity contribution in [3.63, 3.8) is 0 Å². The number of carbonyl (C=O) groups excluding carboxylic acids is 1. The average Bonchev–Trinajstić information content (AvgIpc) is 2.69. The van der Waals surface area contributed by atoms with E-state index < -0.39 is 22.4 Å². The summed E-state index contributed by atoms with van der Waals surface area (Å²) in [6.07, 6.45) is 0.837. The van der Waals surface area contributed by atoms with E-state index in [1.54, 1.807) is 19.1 Å². The number of rotatable bonds is 7. The van der Waals surface area contributed by atoms with Gasteiger partial charge in [0.25, 0.3) is 5.56 Å². The Kier molecular flexibility index (Phi) is 7.33. The highest BCUT2D eigenvalue weighted by Gasteiger charge is 2.22. The standard InChI is InChI=1S/C22H22ClF2N3O2S/c1-12(2)8-9-26-20(29)13(3)31-22-27-18-6-4-14(23)10-16(18)21(30)28(22)19-7-5-15(24)11-17(19)25/h4-7,10-13H,8-9H2,1-3H3,(H,26,29). The number of thioether (sulfide) groups is 1. The van der Waals surface area contributed by atoms with Gasteiger partial charge in [0.2, 0.25) is 5.91 Å². The van der Waals surface area contributed by atoms with Gasteiger partial charge in [-0.3, -0.25) is 14.2 Å². The van der Waals surface area contributed by atoms with E-state index in [1.165, 1.54) is 12.1 Å². The number of halogens is 3. The molecule has 9 heteroatoms. The van der Waals surface area contributed by atoms with Crippen molar-refractivity contribution in [3.8, 4) is 5.69 Å². The van der Waals surface area contributed by atoms with Gasteiger partial charge in [-0.1, -0.05) is 37.2 Å². The zero-order chi connectivity index (χ0) is 22.7. The molecule has 0 fully saturated rings. The minimum absolute atomic E-state index is 0.122. The summed E-state index contributed by atoms with van der Waals surface area (Å²) in [4.78, 5) is 30.2. The van der Waals surface area contributed by atoms with Gasteiger partial charge in [-0.15, -0.1) is 0 Å². The lowest BCUT2D eigenvalue weighted by Gasteiger charge is -2.17. The fourth-order valence-corrected chi connectivity index (χ4v) is 4.05. The van der Waals surface area contributed by atoms with Gasteiger partial charge in [0.1, 0.15) is 11.6 Å². The number of amides is 1. The SMILES string of the molecule is CC(C)CCNC(=O)C(C)Sc1nc2ccc(Cl)cc2c(=O)n1-c1ccc(F)cc1F. The van der Waals surface area contributed by atoms with Crippen LogP contribution in [0.15, 0.2) is 46.3 Å². The van der Waals surface area contributed by atoms with Crippen molar-refractivity contribution in [1.82, 2.24) is 14.9 Å². The van der Waals surface area contributed by atoms with Gasteiger partial charge in [-0.25, -0.2) is 13.8 Å². The van der Waals surface area contributed by atoms with E-state index in [0.717, 1.165) is 28.8 Å². The van der Waals surface area contributed by atoms with Crippen LogP contribution in [-0.4, -0.2) is 27.3 Å². The van der Waals surface area contributed by atoms with Crippen molar-refractivity contribution in [1.29, 1.82) is 0 Å². The summed E-state index contributed by atoms with van der Waals surface area (Å²) in [6.45, 7) is 6.33. The molecule has 0 saturated carbocycles. The number of nitrogens with zero attached hydrogens (tertiary/aromatic N) is 2. The molecule has 0 bridgehead atoms.